The average Bonchev–Trinajstić information content (AvgIpc) is 3.72. The first-order valence-electron chi connectivity index (χ1n) is 21.4. The number of fused-ring (bicyclic) bond motifs is 1. The van der Waals surface area contributed by atoms with Crippen LogP contribution in [0.5, 0.6) is 11.5 Å². The number of piperidine rings is 1. The molecule has 0 bridgehead atoms. The van der Waals surface area contributed by atoms with Crippen LogP contribution in [-0.2, 0) is 21.2 Å². The van der Waals surface area contributed by atoms with Crippen LogP contribution in [0, 0.1) is 21.4 Å². The highest BCUT2D eigenvalue weighted by atomic mass is 35.5. The molecular weight excluding hydrogens is 814 g/mol. The Hall–Kier alpha value is -5.08. The molecule has 4 heterocycles. The van der Waals surface area contributed by atoms with Gasteiger partial charge in [-0.25, -0.2) is 18.1 Å². The molecule has 1 saturated carbocycles. The van der Waals surface area contributed by atoms with E-state index in [-0.39, 0.29) is 33.7 Å². The van der Waals surface area contributed by atoms with Crippen LogP contribution in [0.25, 0.3) is 16.6 Å². The van der Waals surface area contributed by atoms with Gasteiger partial charge in [0.25, 0.3) is 21.6 Å². The molecule has 1 spiro atoms. The number of carbonyl (C=O) groups is 1. The van der Waals surface area contributed by atoms with Gasteiger partial charge >= 0.3 is 0 Å². The number of aromatic amines is 1. The van der Waals surface area contributed by atoms with Gasteiger partial charge in [-0.3, -0.25) is 19.8 Å². The molecule has 0 radical (unpaired) electrons. The maximum atomic E-state index is 13.9. The summed E-state index contributed by atoms with van der Waals surface area (Å²) in [6.45, 7) is 3.95. The third-order valence-electron chi connectivity index (χ3n) is 13.5. The van der Waals surface area contributed by atoms with Crippen LogP contribution in [0.15, 0.2) is 95.7 Å². The maximum Gasteiger partial charge on any atom is 0.273 e. The lowest BCUT2D eigenvalue weighted by atomic mass is 9.59. The first kappa shape index (κ1) is 41.3. The van der Waals surface area contributed by atoms with Gasteiger partial charge in [0.1, 0.15) is 17.1 Å². The smallest absolute Gasteiger partial charge is 0.273 e. The van der Waals surface area contributed by atoms with E-state index in [9.17, 15) is 23.3 Å². The number of pyridine rings is 1. The van der Waals surface area contributed by atoms with Crippen LogP contribution in [0.4, 0.5) is 5.69 Å². The Balaban J connectivity index is 0.935. The zero-order valence-corrected chi connectivity index (χ0v) is 35.6. The van der Waals surface area contributed by atoms with E-state index in [0.29, 0.717) is 42.0 Å². The van der Waals surface area contributed by atoms with Gasteiger partial charge < -0.3 is 14.5 Å². The number of hydrogen-bond acceptors (Lipinski definition) is 9. The zero-order chi connectivity index (χ0) is 42.1. The topological polar surface area (TPSA) is 157 Å². The van der Waals surface area contributed by atoms with Gasteiger partial charge in [0.15, 0.2) is 0 Å². The summed E-state index contributed by atoms with van der Waals surface area (Å²) < 4.78 is 41.3. The fraction of sp³-hybridized carbons (Fsp3) is 0.404. The van der Waals surface area contributed by atoms with E-state index >= 15 is 0 Å². The van der Waals surface area contributed by atoms with Crippen molar-refractivity contribution in [3.63, 3.8) is 0 Å². The number of ether oxygens (including phenoxy) is 2. The van der Waals surface area contributed by atoms with Crippen molar-refractivity contribution < 1.29 is 27.6 Å². The number of sulfonamides is 1. The van der Waals surface area contributed by atoms with Gasteiger partial charge in [-0.2, -0.15) is 0 Å². The van der Waals surface area contributed by atoms with Gasteiger partial charge in [-0.05, 0) is 154 Å². The second kappa shape index (κ2) is 17.4. The summed E-state index contributed by atoms with van der Waals surface area (Å²) in [7, 11) is -4.51. The molecule has 2 saturated heterocycles. The number of amides is 1. The number of carbonyl (C=O) groups excluding carboxylic acids is 1. The second-order valence-electron chi connectivity index (χ2n) is 17.4. The quantitative estimate of drug-likeness (QED) is 0.0921. The minimum absolute atomic E-state index is 0.00719. The summed E-state index contributed by atoms with van der Waals surface area (Å²) in [6, 6.07) is 21.1. The van der Waals surface area contributed by atoms with Crippen molar-refractivity contribution in [3.8, 4) is 11.5 Å². The first-order chi connectivity index (χ1) is 29.5. The van der Waals surface area contributed by atoms with E-state index in [0.717, 1.165) is 80.2 Å². The Morgan fingerprint density at radius 1 is 1.00 bits per heavy atom. The summed E-state index contributed by atoms with van der Waals surface area (Å²) in [5, 5.41) is 13.7. The summed E-state index contributed by atoms with van der Waals surface area (Å²) in [5.41, 5.74) is 6.60. The Kier molecular flexibility index (Phi) is 11.7. The highest BCUT2D eigenvalue weighted by Gasteiger charge is 2.41. The minimum atomic E-state index is -4.51. The standard InChI is InChI=1S/C47H50ClN5O7S/c48-38-6-2-33(3-7-38)42-28-47(16-1-17-47)18-10-37(42)30-52-20-12-32(13-21-52)34-5-9-41(44(26-34)60-39-25-36-11-19-49-45(36)50-29-39)46(54)51-61(57,58)40-8-4-35(43(27-40)53(55)56)24-31-14-22-59-23-15-31/h2-9,11,19,25-27,29,31-32H,1,10,12-18,20-24,28,30H2,(H,49,50)(H,51,54). The van der Waals surface area contributed by atoms with E-state index in [1.54, 1.807) is 24.5 Å². The monoisotopic (exact) mass is 863 g/mol. The molecule has 0 unspecified atom stereocenters. The Labute approximate surface area is 360 Å². The van der Waals surface area contributed by atoms with Crippen molar-refractivity contribution in [2.75, 3.05) is 32.8 Å². The number of hydrogen-bond donors (Lipinski definition) is 2. The number of allylic oxidation sites excluding steroid dienone is 1. The van der Waals surface area contributed by atoms with Crippen molar-refractivity contribution in [1.29, 1.82) is 0 Å². The average molecular weight is 864 g/mol. The second-order valence-corrected chi connectivity index (χ2v) is 19.5. The largest absolute Gasteiger partial charge is 0.455 e. The van der Waals surface area contributed by atoms with Crippen LogP contribution in [0.3, 0.4) is 0 Å². The number of benzene rings is 3. The molecule has 0 atom stereocenters. The summed E-state index contributed by atoms with van der Waals surface area (Å²) >= 11 is 6.28. The minimum Gasteiger partial charge on any atom is -0.455 e. The fourth-order valence-electron chi connectivity index (χ4n) is 9.80. The van der Waals surface area contributed by atoms with Crippen molar-refractivity contribution >= 4 is 49.8 Å². The Morgan fingerprint density at radius 3 is 2.52 bits per heavy atom. The normalized spacial score (nSPS) is 18.9. The molecule has 12 nitrogen and oxygen atoms in total. The van der Waals surface area contributed by atoms with E-state index < -0.39 is 20.9 Å². The predicted octanol–water partition coefficient (Wildman–Crippen LogP) is 9.99. The summed E-state index contributed by atoms with van der Waals surface area (Å²) in [5.74, 6) is 0.0465. The number of nitrogens with zero attached hydrogens (tertiary/aromatic N) is 3. The number of likely N-dealkylation sites (tertiary alicyclic amines) is 1. The number of nitro groups is 1. The third kappa shape index (κ3) is 9.11. The number of H-pyrrole nitrogens is 1. The molecule has 2 aromatic heterocycles. The molecule has 3 aromatic carbocycles. The van der Waals surface area contributed by atoms with Crippen molar-refractivity contribution in [2.24, 2.45) is 11.3 Å². The molecule has 61 heavy (non-hydrogen) atoms. The van der Waals surface area contributed by atoms with E-state index in [4.69, 9.17) is 21.1 Å². The van der Waals surface area contributed by atoms with Crippen LogP contribution < -0.4 is 9.46 Å². The third-order valence-corrected chi connectivity index (χ3v) is 15.1. The lowest BCUT2D eigenvalue weighted by Crippen LogP contribution is -2.37. The molecule has 1 amide bonds. The number of rotatable bonds is 12. The van der Waals surface area contributed by atoms with Crippen molar-refractivity contribution in [2.45, 2.75) is 81.4 Å². The molecule has 2 aliphatic heterocycles. The van der Waals surface area contributed by atoms with Crippen LogP contribution >= 0.6 is 11.6 Å². The number of nitro benzene ring substituents is 1. The van der Waals surface area contributed by atoms with Crippen LogP contribution in [0.1, 0.15) is 97.2 Å². The Morgan fingerprint density at radius 2 is 1.79 bits per heavy atom. The lowest BCUT2D eigenvalue weighted by molar-refractivity contribution is -0.385. The highest BCUT2D eigenvalue weighted by Crippen LogP contribution is 2.55. The van der Waals surface area contributed by atoms with Gasteiger partial charge in [0.05, 0.1) is 21.6 Å². The summed E-state index contributed by atoms with van der Waals surface area (Å²) in [4.78, 5) is 35.2. The van der Waals surface area contributed by atoms with Gasteiger partial charge in [0.2, 0.25) is 0 Å². The fourth-order valence-corrected chi connectivity index (χ4v) is 10.9. The number of aromatic nitrogens is 2. The molecule has 9 rings (SSSR count). The summed E-state index contributed by atoms with van der Waals surface area (Å²) in [6.07, 6.45) is 14.6. The first-order valence-corrected chi connectivity index (χ1v) is 23.2. The van der Waals surface area contributed by atoms with Crippen LogP contribution in [-0.4, -0.2) is 67.0 Å². The van der Waals surface area contributed by atoms with Crippen molar-refractivity contribution in [1.82, 2.24) is 19.6 Å². The van der Waals surface area contributed by atoms with Crippen LogP contribution in [0.2, 0.25) is 5.02 Å². The van der Waals surface area contributed by atoms with Gasteiger partial charge in [-0.15, -0.1) is 0 Å². The zero-order valence-electron chi connectivity index (χ0n) is 34.0. The number of nitrogens with one attached hydrogen (secondary N) is 2. The maximum absolute atomic E-state index is 13.9. The van der Waals surface area contributed by atoms with Gasteiger partial charge in [-0.1, -0.05) is 47.9 Å². The molecule has 4 aliphatic rings. The molecule has 318 valence electrons. The number of halogens is 1. The van der Waals surface area contributed by atoms with E-state index in [1.165, 1.54) is 54.5 Å². The SMILES string of the molecule is O=C(NS(=O)(=O)c1ccc(CC2CCOCC2)c([N+](=O)[O-])c1)c1ccc(C2CCN(CC3=C(c4ccc(Cl)cc4)CC4(CCC4)CC3)CC2)cc1Oc1cnc2[nH]ccc2c1. The van der Waals surface area contributed by atoms with Gasteiger partial charge in [0, 0.05) is 48.0 Å². The molecular formula is C47H50ClN5O7S. The van der Waals surface area contributed by atoms with Crippen molar-refractivity contribution in [3.05, 3.63) is 128 Å². The molecule has 5 aromatic rings. The van der Waals surface area contributed by atoms with E-state index in [2.05, 4.69) is 31.7 Å². The molecule has 14 heteroatoms. The molecule has 3 fully saturated rings. The molecule has 2 aliphatic carbocycles. The van der Waals surface area contributed by atoms with E-state index in [1.807, 2.05) is 30.3 Å². The molecule has 2 N–H and O–H groups in total. The highest BCUT2D eigenvalue weighted by molar-refractivity contribution is 7.90. The lowest BCUT2D eigenvalue weighted by Gasteiger charge is -2.47. The Bertz CT molecular complexity index is 2590. The predicted molar refractivity (Wildman–Crippen MR) is 235 cm³/mol.